The largest absolute Gasteiger partial charge is 0.463 e. The summed E-state index contributed by atoms with van der Waals surface area (Å²) in [5, 5.41) is 0. The van der Waals surface area contributed by atoms with Crippen LogP contribution in [0.25, 0.3) is 0 Å². The van der Waals surface area contributed by atoms with E-state index in [1.165, 1.54) is 0 Å². The first-order chi connectivity index (χ1) is 23.6. The van der Waals surface area contributed by atoms with Crippen LogP contribution < -0.4 is 5.73 Å². The highest BCUT2D eigenvalue weighted by Crippen LogP contribution is 2.36. The molecule has 0 radical (unpaired) electrons. The Hall–Kier alpha value is -4.45. The normalized spacial score (nSPS) is 29.0. The molecule has 23 heteroatoms. The Kier molecular flexibility index (Phi) is 15.7. The molecule has 2 aliphatic rings. The van der Waals surface area contributed by atoms with Crippen molar-refractivity contribution in [1.29, 1.82) is 0 Å². The number of carbonyl (C=O) groups excluding carboxylic acids is 8. The van der Waals surface area contributed by atoms with Gasteiger partial charge in [0.15, 0.2) is 42.6 Å². The second-order valence-electron chi connectivity index (χ2n) is 10.9. The molecule has 22 nitrogen and oxygen atoms in total. The molecular formula is C28H39NO21S. The molecule has 2 fully saturated rings. The van der Waals surface area contributed by atoms with Crippen molar-refractivity contribution < 1.29 is 98.3 Å². The van der Waals surface area contributed by atoms with E-state index in [4.69, 9.17) is 57.3 Å². The third-order valence-electron chi connectivity index (χ3n) is 6.45. The topological polar surface area (TPSA) is 298 Å². The van der Waals surface area contributed by atoms with Gasteiger partial charge in [-0.2, -0.15) is 8.42 Å². The fourth-order valence-corrected chi connectivity index (χ4v) is 5.76. The lowest BCUT2D eigenvalue weighted by atomic mass is 9.96. The van der Waals surface area contributed by atoms with Crippen LogP contribution in [0.4, 0.5) is 0 Å². The molecule has 2 N–H and O–H groups in total. The highest BCUT2D eigenvalue weighted by atomic mass is 32.2. The average Bonchev–Trinajstić information content (AvgIpc) is 2.94. The van der Waals surface area contributed by atoms with Crippen LogP contribution in [0.3, 0.4) is 0 Å². The molecule has 2 rings (SSSR count). The van der Waals surface area contributed by atoms with Gasteiger partial charge < -0.3 is 53.1 Å². The lowest BCUT2D eigenvalue weighted by Crippen LogP contribution is -2.67. The quantitative estimate of drug-likeness (QED) is 0.102. The minimum atomic E-state index is -4.87. The molecule has 0 aromatic carbocycles. The molecule has 51 heavy (non-hydrogen) atoms. The van der Waals surface area contributed by atoms with Crippen molar-refractivity contribution in [3.8, 4) is 0 Å². The number of primary amides is 1. The van der Waals surface area contributed by atoms with E-state index in [9.17, 15) is 46.8 Å². The number of hydrogen-bond acceptors (Lipinski definition) is 21. The third kappa shape index (κ3) is 13.7. The predicted molar refractivity (Wildman–Crippen MR) is 157 cm³/mol. The minimum Gasteiger partial charge on any atom is -0.463 e. The predicted octanol–water partition coefficient (Wildman–Crippen LogP) is -2.56. The summed E-state index contributed by atoms with van der Waals surface area (Å²) in [7, 11) is -4.87. The molecule has 2 aliphatic heterocycles. The van der Waals surface area contributed by atoms with E-state index in [1.807, 2.05) is 0 Å². The maximum absolute atomic E-state index is 12.6. The van der Waals surface area contributed by atoms with Crippen LogP contribution in [0.2, 0.25) is 0 Å². The number of carbonyl (C=O) groups is 8. The lowest BCUT2D eigenvalue weighted by molar-refractivity contribution is -0.354. The van der Waals surface area contributed by atoms with Gasteiger partial charge in [0.05, 0.1) is 0 Å². The van der Waals surface area contributed by atoms with Gasteiger partial charge in [-0.25, -0.2) is 4.18 Å². The van der Waals surface area contributed by atoms with Crippen molar-refractivity contribution in [2.45, 2.75) is 110 Å². The fraction of sp³-hybridized carbons (Fsp3) is 0.714. The van der Waals surface area contributed by atoms with Crippen molar-refractivity contribution >= 4 is 57.8 Å². The average molecular weight is 758 g/mol. The van der Waals surface area contributed by atoms with E-state index < -0.39 is 138 Å². The molecule has 2 saturated heterocycles. The van der Waals surface area contributed by atoms with Crippen molar-refractivity contribution in [2.75, 3.05) is 19.0 Å². The molecule has 0 spiro atoms. The summed E-state index contributed by atoms with van der Waals surface area (Å²) in [5.74, 6) is -9.48. The monoisotopic (exact) mass is 757 g/mol. The Morgan fingerprint density at radius 1 is 0.510 bits per heavy atom. The Bertz CT molecular complexity index is 1450. The third-order valence-corrected chi connectivity index (χ3v) is 7.57. The van der Waals surface area contributed by atoms with Crippen LogP contribution in [0.5, 0.6) is 0 Å². The molecule has 1 amide bonds. The van der Waals surface area contributed by atoms with Crippen molar-refractivity contribution in [3.05, 3.63) is 0 Å². The van der Waals surface area contributed by atoms with Gasteiger partial charge in [0.25, 0.3) is 10.1 Å². The van der Waals surface area contributed by atoms with E-state index in [-0.39, 0.29) is 0 Å². The Morgan fingerprint density at radius 2 is 0.863 bits per heavy atom. The fourth-order valence-electron chi connectivity index (χ4n) is 4.90. The maximum Gasteiger partial charge on any atom is 0.303 e. The van der Waals surface area contributed by atoms with Crippen LogP contribution in [-0.2, 0) is 100 Å². The molecule has 0 aromatic rings. The van der Waals surface area contributed by atoms with Crippen LogP contribution >= 0.6 is 0 Å². The van der Waals surface area contributed by atoms with Crippen molar-refractivity contribution in [3.63, 3.8) is 0 Å². The first kappa shape index (κ1) is 42.7. The van der Waals surface area contributed by atoms with E-state index >= 15 is 0 Å². The minimum absolute atomic E-state index is 0.660. The number of ether oxygens (including phenoxy) is 10. The van der Waals surface area contributed by atoms with Crippen molar-refractivity contribution in [2.24, 2.45) is 5.73 Å². The Morgan fingerprint density at radius 3 is 1.27 bits per heavy atom. The second-order valence-corrected chi connectivity index (χ2v) is 12.5. The zero-order valence-corrected chi connectivity index (χ0v) is 29.3. The van der Waals surface area contributed by atoms with Gasteiger partial charge in [0, 0.05) is 48.5 Å². The van der Waals surface area contributed by atoms with E-state index in [0.717, 1.165) is 48.5 Å². The second kappa shape index (κ2) is 18.7. The molecule has 0 saturated carbocycles. The van der Waals surface area contributed by atoms with Gasteiger partial charge in [0.2, 0.25) is 12.2 Å². The molecule has 0 bridgehead atoms. The van der Waals surface area contributed by atoms with E-state index in [2.05, 4.69) is 0 Å². The number of nitrogens with two attached hydrogens (primary N) is 1. The van der Waals surface area contributed by atoms with E-state index in [1.54, 1.807) is 0 Å². The molecule has 288 valence electrons. The standard InChI is InChI=1S/C28H39NO21S/c1-11(30)40-8-18-21(42-13(3)32)23(43-14(4)33)25(45-16(6)35)27(47-18)49-22-19(9-41-12(2)31)48-28(50-51(38,39)10-20(29)37)26(46-17(7)36)24(22)44-15(5)34/h18-19,21-28H,8-10H2,1-7H3,(H2,29,37)/t18-,19-,21-,22?,23+,24+,25-,26-,27-,28+/m1/s1. The smallest absolute Gasteiger partial charge is 0.303 e. The lowest BCUT2D eigenvalue weighted by Gasteiger charge is -2.48. The maximum atomic E-state index is 12.6. The zero-order valence-electron chi connectivity index (χ0n) is 28.5. The molecule has 0 aromatic heterocycles. The Labute approximate surface area is 290 Å². The first-order valence-electron chi connectivity index (χ1n) is 14.9. The summed E-state index contributed by atoms with van der Waals surface area (Å²) in [6.07, 6.45) is -18.3. The highest BCUT2D eigenvalue weighted by molar-refractivity contribution is 7.87. The van der Waals surface area contributed by atoms with Crippen LogP contribution in [0.1, 0.15) is 48.5 Å². The molecule has 2 heterocycles. The molecule has 1 unspecified atom stereocenters. The highest BCUT2D eigenvalue weighted by Gasteiger charge is 2.58. The molecule has 10 atom stereocenters. The summed E-state index contributed by atoms with van der Waals surface area (Å²) < 4.78 is 84.7. The van der Waals surface area contributed by atoms with E-state index in [0.29, 0.717) is 0 Å². The summed E-state index contributed by atoms with van der Waals surface area (Å²) in [5.41, 5.74) is 4.99. The SMILES string of the molecule is CC(=O)OC[C@H]1O[C@@H](OS(=O)(=O)CC(N)=O)[C@H](OC(C)=O)[C@@H](OC(C)=O)C1O[C@H]1O[C@H](COC(C)=O)[C@@H](OC(C)=O)[C@H](OC(C)=O)[C@H]1OC(C)=O. The van der Waals surface area contributed by atoms with Gasteiger partial charge in [-0.3, -0.25) is 38.4 Å². The van der Waals surface area contributed by atoms with Gasteiger partial charge in [-0.05, 0) is 0 Å². The summed E-state index contributed by atoms with van der Waals surface area (Å²) in [6.45, 7) is 5.30. The van der Waals surface area contributed by atoms with Gasteiger partial charge in [0.1, 0.15) is 31.5 Å². The van der Waals surface area contributed by atoms with Gasteiger partial charge in [-0.1, -0.05) is 0 Å². The number of amides is 1. The molecule has 0 aliphatic carbocycles. The van der Waals surface area contributed by atoms with Crippen LogP contribution in [-0.4, -0.2) is 136 Å². The van der Waals surface area contributed by atoms with Crippen molar-refractivity contribution in [1.82, 2.24) is 0 Å². The summed E-state index contributed by atoms with van der Waals surface area (Å²) >= 11 is 0. The van der Waals surface area contributed by atoms with Crippen LogP contribution in [0, 0.1) is 0 Å². The number of hydrogen-bond donors (Lipinski definition) is 1. The summed E-state index contributed by atoms with van der Waals surface area (Å²) in [6, 6.07) is 0. The first-order valence-corrected chi connectivity index (χ1v) is 16.5. The number of rotatable bonds is 15. The van der Waals surface area contributed by atoms with Crippen LogP contribution in [0.15, 0.2) is 0 Å². The zero-order chi connectivity index (χ0) is 38.8. The number of esters is 7. The Balaban J connectivity index is 2.78. The van der Waals surface area contributed by atoms with Gasteiger partial charge in [-0.15, -0.1) is 0 Å². The van der Waals surface area contributed by atoms with Gasteiger partial charge >= 0.3 is 41.8 Å². The summed E-state index contributed by atoms with van der Waals surface area (Å²) in [4.78, 5) is 96.2. The molecular weight excluding hydrogens is 718 g/mol.